The summed E-state index contributed by atoms with van der Waals surface area (Å²) in [6, 6.07) is 9.94. The summed E-state index contributed by atoms with van der Waals surface area (Å²) < 4.78 is 5.29. The maximum absolute atomic E-state index is 11.7. The van der Waals surface area contributed by atoms with Crippen LogP contribution >= 0.6 is 0 Å². The van der Waals surface area contributed by atoms with Crippen LogP contribution in [-0.4, -0.2) is 36.6 Å². The predicted molar refractivity (Wildman–Crippen MR) is 85.5 cm³/mol. The molecule has 116 valence electrons. The molecule has 1 heterocycles. The first kappa shape index (κ1) is 16.0. The van der Waals surface area contributed by atoms with Crippen LogP contribution < -0.4 is 0 Å². The highest BCUT2D eigenvalue weighted by Crippen LogP contribution is 2.16. The van der Waals surface area contributed by atoms with Crippen molar-refractivity contribution in [2.24, 2.45) is 0 Å². The highest BCUT2D eigenvalue weighted by Gasteiger charge is 2.16. The number of piperidine rings is 1. The molecule has 3 heteroatoms. The second kappa shape index (κ2) is 8.83. The quantitative estimate of drug-likeness (QED) is 0.563. The molecule has 0 amide bonds. The lowest BCUT2D eigenvalue weighted by atomic mass is 10.0. The minimum Gasteiger partial charge on any atom is -0.462 e. The molecule has 0 radical (unpaired) electrons. The van der Waals surface area contributed by atoms with Gasteiger partial charge in [-0.2, -0.15) is 0 Å². The maximum atomic E-state index is 11.7. The van der Waals surface area contributed by atoms with E-state index in [0.29, 0.717) is 12.2 Å². The summed E-state index contributed by atoms with van der Waals surface area (Å²) in [5.74, 6) is -0.208. The number of hydrogen-bond donors (Lipinski definition) is 0. The molecule has 3 nitrogen and oxygen atoms in total. The Labute approximate surface area is 128 Å². The van der Waals surface area contributed by atoms with E-state index in [2.05, 4.69) is 11.8 Å². The van der Waals surface area contributed by atoms with Gasteiger partial charge < -0.3 is 9.64 Å². The Kier molecular flexibility index (Phi) is 6.74. The molecule has 0 aromatic heterocycles. The molecule has 1 saturated heterocycles. The van der Waals surface area contributed by atoms with E-state index in [4.69, 9.17) is 4.74 Å². The van der Waals surface area contributed by atoms with Crippen LogP contribution in [0.2, 0.25) is 0 Å². The number of hydrogen-bond acceptors (Lipinski definition) is 3. The maximum Gasteiger partial charge on any atom is 0.338 e. The lowest BCUT2D eigenvalue weighted by molar-refractivity contribution is 0.0496. The van der Waals surface area contributed by atoms with Crippen LogP contribution in [0, 0.1) is 0 Å². The average molecular weight is 289 g/mol. The van der Waals surface area contributed by atoms with E-state index in [1.165, 1.54) is 38.8 Å². The summed E-state index contributed by atoms with van der Waals surface area (Å²) >= 11 is 0. The van der Waals surface area contributed by atoms with Gasteiger partial charge in [0.1, 0.15) is 0 Å². The zero-order valence-electron chi connectivity index (χ0n) is 13.1. The van der Waals surface area contributed by atoms with E-state index in [9.17, 15) is 4.79 Å². The highest BCUT2D eigenvalue weighted by atomic mass is 16.5. The lowest BCUT2D eigenvalue weighted by Crippen LogP contribution is -2.37. The monoisotopic (exact) mass is 289 g/mol. The highest BCUT2D eigenvalue weighted by molar-refractivity contribution is 5.89. The molecule has 0 bridgehead atoms. The normalized spacial score (nSPS) is 19.4. The van der Waals surface area contributed by atoms with Gasteiger partial charge in [-0.25, -0.2) is 4.79 Å². The molecule has 0 aliphatic carbocycles. The number of unbranched alkanes of at least 4 members (excludes halogenated alkanes) is 2. The van der Waals surface area contributed by atoms with Crippen molar-refractivity contribution < 1.29 is 9.53 Å². The second-order valence-electron chi connectivity index (χ2n) is 5.94. The number of carbonyl (C=O) groups is 1. The van der Waals surface area contributed by atoms with Crippen LogP contribution in [0.1, 0.15) is 55.8 Å². The Bertz CT molecular complexity index is 418. The molecule has 1 atom stereocenters. The predicted octanol–water partition coefficient (Wildman–Crippen LogP) is 3.89. The van der Waals surface area contributed by atoms with Crippen molar-refractivity contribution >= 4 is 5.97 Å². The third-order valence-electron chi connectivity index (χ3n) is 4.27. The minimum atomic E-state index is -0.208. The number of esters is 1. The molecule has 0 spiro atoms. The first-order valence-electron chi connectivity index (χ1n) is 8.23. The summed E-state index contributed by atoms with van der Waals surface area (Å²) in [6.45, 7) is 5.31. The number of benzene rings is 1. The third-order valence-corrected chi connectivity index (χ3v) is 4.27. The molecule has 2 rings (SSSR count). The number of ether oxygens (including phenoxy) is 1. The summed E-state index contributed by atoms with van der Waals surface area (Å²) in [7, 11) is 0. The minimum absolute atomic E-state index is 0.208. The van der Waals surface area contributed by atoms with E-state index in [1.807, 2.05) is 18.2 Å². The van der Waals surface area contributed by atoms with E-state index >= 15 is 0 Å². The Hall–Kier alpha value is -1.35. The van der Waals surface area contributed by atoms with E-state index in [1.54, 1.807) is 12.1 Å². The fourth-order valence-electron chi connectivity index (χ4n) is 2.91. The molecule has 0 saturated carbocycles. The van der Waals surface area contributed by atoms with Gasteiger partial charge in [-0.3, -0.25) is 0 Å². The molecule has 0 N–H and O–H groups in total. The summed E-state index contributed by atoms with van der Waals surface area (Å²) in [4.78, 5) is 14.3. The van der Waals surface area contributed by atoms with Crippen molar-refractivity contribution in [3.05, 3.63) is 35.9 Å². The number of likely N-dealkylation sites (tertiary alicyclic amines) is 1. The smallest absolute Gasteiger partial charge is 0.338 e. The molecule has 21 heavy (non-hydrogen) atoms. The summed E-state index contributed by atoms with van der Waals surface area (Å²) in [5.41, 5.74) is 0.639. The van der Waals surface area contributed by atoms with Gasteiger partial charge in [0.15, 0.2) is 0 Å². The van der Waals surface area contributed by atoms with Crippen LogP contribution in [0.15, 0.2) is 30.3 Å². The van der Waals surface area contributed by atoms with E-state index in [0.717, 1.165) is 18.9 Å². The molecule has 1 aromatic rings. The Morgan fingerprint density at radius 3 is 2.76 bits per heavy atom. The Morgan fingerprint density at radius 2 is 2.00 bits per heavy atom. The molecule has 1 unspecified atom stereocenters. The van der Waals surface area contributed by atoms with Gasteiger partial charge in [0.2, 0.25) is 0 Å². The Morgan fingerprint density at radius 1 is 1.19 bits per heavy atom. The van der Waals surface area contributed by atoms with Gasteiger partial charge in [0.05, 0.1) is 12.2 Å². The van der Waals surface area contributed by atoms with Crippen molar-refractivity contribution in [2.45, 2.75) is 51.5 Å². The molecule has 1 fully saturated rings. The molecular formula is C18H27NO2. The van der Waals surface area contributed by atoms with Gasteiger partial charge in [-0.05, 0) is 64.3 Å². The average Bonchev–Trinajstić information content (AvgIpc) is 2.53. The van der Waals surface area contributed by atoms with Crippen LogP contribution in [0.3, 0.4) is 0 Å². The Balaban J connectivity index is 1.53. The van der Waals surface area contributed by atoms with Crippen molar-refractivity contribution in [2.75, 3.05) is 19.7 Å². The second-order valence-corrected chi connectivity index (χ2v) is 5.94. The SMILES string of the molecule is CC1CCCCN1CCCCCOC(=O)c1ccccc1. The third kappa shape index (κ3) is 5.50. The van der Waals surface area contributed by atoms with Crippen LogP contribution in [0.25, 0.3) is 0 Å². The van der Waals surface area contributed by atoms with Crippen molar-refractivity contribution in [1.82, 2.24) is 4.90 Å². The van der Waals surface area contributed by atoms with Gasteiger partial charge in [-0.1, -0.05) is 24.6 Å². The number of nitrogens with zero attached hydrogens (tertiary/aromatic N) is 1. The first-order valence-corrected chi connectivity index (χ1v) is 8.23. The first-order chi connectivity index (χ1) is 10.3. The summed E-state index contributed by atoms with van der Waals surface area (Å²) in [5, 5.41) is 0. The molecule has 1 aromatic carbocycles. The zero-order valence-corrected chi connectivity index (χ0v) is 13.1. The lowest BCUT2D eigenvalue weighted by Gasteiger charge is -2.33. The van der Waals surface area contributed by atoms with E-state index in [-0.39, 0.29) is 5.97 Å². The summed E-state index contributed by atoms with van der Waals surface area (Å²) in [6.07, 6.45) is 7.36. The van der Waals surface area contributed by atoms with Crippen LogP contribution in [0.5, 0.6) is 0 Å². The fraction of sp³-hybridized carbons (Fsp3) is 0.611. The van der Waals surface area contributed by atoms with Gasteiger partial charge in [0, 0.05) is 6.04 Å². The van der Waals surface area contributed by atoms with Gasteiger partial charge in [0.25, 0.3) is 0 Å². The standard InChI is InChI=1S/C18H27NO2/c1-16-10-6-8-14-19(16)13-7-3-9-15-21-18(20)17-11-4-2-5-12-17/h2,4-5,11-12,16H,3,6-10,13-15H2,1H3. The number of carbonyl (C=O) groups excluding carboxylic acids is 1. The van der Waals surface area contributed by atoms with Crippen molar-refractivity contribution in [1.29, 1.82) is 0 Å². The number of rotatable bonds is 7. The van der Waals surface area contributed by atoms with Gasteiger partial charge >= 0.3 is 5.97 Å². The molecular weight excluding hydrogens is 262 g/mol. The van der Waals surface area contributed by atoms with Gasteiger partial charge in [-0.15, -0.1) is 0 Å². The topological polar surface area (TPSA) is 29.5 Å². The van der Waals surface area contributed by atoms with Crippen molar-refractivity contribution in [3.8, 4) is 0 Å². The molecule has 1 aliphatic heterocycles. The zero-order chi connectivity index (χ0) is 14.9. The van der Waals surface area contributed by atoms with Crippen LogP contribution in [-0.2, 0) is 4.74 Å². The van der Waals surface area contributed by atoms with E-state index < -0.39 is 0 Å². The fourth-order valence-corrected chi connectivity index (χ4v) is 2.91. The van der Waals surface area contributed by atoms with Crippen molar-refractivity contribution in [3.63, 3.8) is 0 Å². The van der Waals surface area contributed by atoms with Crippen LogP contribution in [0.4, 0.5) is 0 Å². The largest absolute Gasteiger partial charge is 0.462 e. The molecule has 1 aliphatic rings.